The Balaban J connectivity index is 2.54. The molecule has 98 valence electrons. The summed E-state index contributed by atoms with van der Waals surface area (Å²) in [5.74, 6) is -1.18. The van der Waals surface area contributed by atoms with E-state index in [1.165, 1.54) is 12.1 Å². The summed E-state index contributed by atoms with van der Waals surface area (Å²) in [6, 6.07) is 2.74. The Morgan fingerprint density at radius 3 is 2.72 bits per heavy atom. The van der Waals surface area contributed by atoms with Gasteiger partial charge in [-0.1, -0.05) is 6.92 Å². The molecule has 0 bridgehead atoms. The molecule has 0 saturated heterocycles. The minimum Gasteiger partial charge on any atom is -0.478 e. The van der Waals surface area contributed by atoms with Gasteiger partial charge in [0.1, 0.15) is 5.69 Å². The second-order valence-corrected chi connectivity index (χ2v) is 4.01. The molecule has 6 nitrogen and oxygen atoms in total. The lowest BCUT2D eigenvalue weighted by Gasteiger charge is -2.11. The largest absolute Gasteiger partial charge is 0.478 e. The maximum atomic E-state index is 11.7. The van der Waals surface area contributed by atoms with Crippen LogP contribution in [0, 0.1) is 5.92 Å². The predicted octanol–water partition coefficient (Wildman–Crippen LogP) is 0.792. The van der Waals surface area contributed by atoms with Crippen LogP contribution in [0.3, 0.4) is 0 Å². The number of carboxylic acids is 1. The fraction of sp³-hybridized carbons (Fsp3) is 0.417. The van der Waals surface area contributed by atoms with Gasteiger partial charge < -0.3 is 15.2 Å². The van der Waals surface area contributed by atoms with Crippen LogP contribution in [0.25, 0.3) is 0 Å². The van der Waals surface area contributed by atoms with Crippen LogP contribution in [0.15, 0.2) is 18.3 Å². The molecule has 0 radical (unpaired) electrons. The van der Waals surface area contributed by atoms with Gasteiger partial charge in [0.2, 0.25) is 0 Å². The number of carboxylic acid groups (broad SMARTS) is 1. The summed E-state index contributed by atoms with van der Waals surface area (Å²) in [5.41, 5.74) is 0.254. The van der Waals surface area contributed by atoms with Crippen LogP contribution in [0.5, 0.6) is 0 Å². The van der Waals surface area contributed by atoms with Crippen molar-refractivity contribution in [3.63, 3.8) is 0 Å². The van der Waals surface area contributed by atoms with Crippen LogP contribution in [0.2, 0.25) is 0 Å². The van der Waals surface area contributed by atoms with E-state index >= 15 is 0 Å². The molecule has 1 heterocycles. The summed E-state index contributed by atoms with van der Waals surface area (Å²) >= 11 is 0. The average molecular weight is 252 g/mol. The molecule has 0 aliphatic carbocycles. The first-order valence-corrected chi connectivity index (χ1v) is 5.51. The van der Waals surface area contributed by atoms with E-state index in [2.05, 4.69) is 10.3 Å². The Morgan fingerprint density at radius 1 is 1.50 bits per heavy atom. The third kappa shape index (κ3) is 4.14. The SMILES string of the molecule is COCC(C)CNC(=O)c1ccc(C(=O)O)cn1. The number of hydrogen-bond donors (Lipinski definition) is 2. The van der Waals surface area contributed by atoms with Gasteiger partial charge in [-0.15, -0.1) is 0 Å². The van der Waals surface area contributed by atoms with E-state index in [1.807, 2.05) is 6.92 Å². The van der Waals surface area contributed by atoms with Crippen molar-refractivity contribution in [3.05, 3.63) is 29.6 Å². The van der Waals surface area contributed by atoms with Gasteiger partial charge in [-0.3, -0.25) is 9.78 Å². The van der Waals surface area contributed by atoms with Gasteiger partial charge in [-0.25, -0.2) is 4.79 Å². The Labute approximate surface area is 105 Å². The molecule has 1 rings (SSSR count). The summed E-state index contributed by atoms with van der Waals surface area (Å²) in [5, 5.41) is 11.4. The number of amides is 1. The molecule has 0 spiro atoms. The molecule has 18 heavy (non-hydrogen) atoms. The van der Waals surface area contributed by atoms with E-state index in [-0.39, 0.29) is 23.1 Å². The third-order valence-corrected chi connectivity index (χ3v) is 2.31. The Bertz CT molecular complexity index is 417. The van der Waals surface area contributed by atoms with Crippen LogP contribution in [0.4, 0.5) is 0 Å². The normalized spacial score (nSPS) is 11.9. The topological polar surface area (TPSA) is 88.5 Å². The first-order chi connectivity index (χ1) is 8.54. The molecule has 1 unspecified atom stereocenters. The number of ether oxygens (including phenoxy) is 1. The Hall–Kier alpha value is -1.95. The van der Waals surface area contributed by atoms with E-state index in [9.17, 15) is 9.59 Å². The van der Waals surface area contributed by atoms with Crippen molar-refractivity contribution in [1.82, 2.24) is 10.3 Å². The molecule has 0 aliphatic heterocycles. The summed E-state index contributed by atoms with van der Waals surface area (Å²) in [6.45, 7) is 2.99. The molecular weight excluding hydrogens is 236 g/mol. The lowest BCUT2D eigenvalue weighted by atomic mass is 10.2. The molecule has 6 heteroatoms. The van der Waals surface area contributed by atoms with Gasteiger partial charge in [0.15, 0.2) is 0 Å². The number of methoxy groups -OCH3 is 1. The second-order valence-electron chi connectivity index (χ2n) is 4.01. The fourth-order valence-electron chi connectivity index (χ4n) is 1.36. The van der Waals surface area contributed by atoms with E-state index in [1.54, 1.807) is 7.11 Å². The molecule has 0 aromatic carbocycles. The molecule has 0 aliphatic rings. The Morgan fingerprint density at radius 2 is 2.22 bits per heavy atom. The first-order valence-electron chi connectivity index (χ1n) is 5.51. The number of nitrogens with zero attached hydrogens (tertiary/aromatic N) is 1. The highest BCUT2D eigenvalue weighted by molar-refractivity contribution is 5.93. The molecule has 0 fully saturated rings. The standard InChI is InChI=1S/C12H16N2O4/c1-8(7-18-2)5-14-11(15)10-4-3-9(6-13-10)12(16)17/h3-4,6,8H,5,7H2,1-2H3,(H,14,15)(H,16,17). The van der Waals surface area contributed by atoms with Crippen molar-refractivity contribution in [2.75, 3.05) is 20.3 Å². The monoisotopic (exact) mass is 252 g/mol. The summed E-state index contributed by atoms with van der Waals surface area (Å²) < 4.78 is 4.95. The number of carbonyl (C=O) groups is 2. The number of nitrogens with one attached hydrogen (secondary N) is 1. The fourth-order valence-corrected chi connectivity index (χ4v) is 1.36. The highest BCUT2D eigenvalue weighted by Gasteiger charge is 2.10. The van der Waals surface area contributed by atoms with Crippen molar-refractivity contribution >= 4 is 11.9 Å². The van der Waals surface area contributed by atoms with Crippen LogP contribution < -0.4 is 5.32 Å². The van der Waals surface area contributed by atoms with Gasteiger partial charge in [-0.05, 0) is 18.1 Å². The van der Waals surface area contributed by atoms with E-state index in [4.69, 9.17) is 9.84 Å². The first kappa shape index (κ1) is 14.1. The minimum atomic E-state index is -1.07. The van der Waals surface area contributed by atoms with E-state index < -0.39 is 5.97 Å². The number of aromatic nitrogens is 1. The van der Waals surface area contributed by atoms with Crippen molar-refractivity contribution in [1.29, 1.82) is 0 Å². The maximum Gasteiger partial charge on any atom is 0.337 e. The molecular formula is C12H16N2O4. The molecule has 0 saturated carbocycles. The van der Waals surface area contributed by atoms with Crippen molar-refractivity contribution < 1.29 is 19.4 Å². The molecule has 2 N–H and O–H groups in total. The van der Waals surface area contributed by atoms with Gasteiger partial charge in [0.25, 0.3) is 5.91 Å². The van der Waals surface area contributed by atoms with Crippen LogP contribution >= 0.6 is 0 Å². The number of aromatic carboxylic acids is 1. The van der Waals surface area contributed by atoms with Crippen LogP contribution in [-0.4, -0.2) is 42.2 Å². The number of rotatable bonds is 6. The second kappa shape index (κ2) is 6.70. The van der Waals surface area contributed by atoms with Crippen molar-refractivity contribution in [2.24, 2.45) is 5.92 Å². The number of pyridine rings is 1. The molecule has 1 amide bonds. The quantitative estimate of drug-likeness (QED) is 0.781. The zero-order valence-electron chi connectivity index (χ0n) is 10.3. The van der Waals surface area contributed by atoms with Crippen molar-refractivity contribution in [3.8, 4) is 0 Å². The zero-order valence-corrected chi connectivity index (χ0v) is 10.3. The summed E-state index contributed by atoms with van der Waals surface area (Å²) in [7, 11) is 1.60. The summed E-state index contributed by atoms with van der Waals surface area (Å²) in [4.78, 5) is 26.1. The van der Waals surface area contributed by atoms with Crippen LogP contribution in [0.1, 0.15) is 27.8 Å². The van der Waals surface area contributed by atoms with Gasteiger partial charge >= 0.3 is 5.97 Å². The third-order valence-electron chi connectivity index (χ3n) is 2.31. The lowest BCUT2D eigenvalue weighted by Crippen LogP contribution is -2.30. The number of hydrogen-bond acceptors (Lipinski definition) is 4. The smallest absolute Gasteiger partial charge is 0.337 e. The average Bonchev–Trinajstić information content (AvgIpc) is 2.36. The highest BCUT2D eigenvalue weighted by Crippen LogP contribution is 2.01. The van der Waals surface area contributed by atoms with Crippen molar-refractivity contribution in [2.45, 2.75) is 6.92 Å². The maximum absolute atomic E-state index is 11.7. The number of carbonyl (C=O) groups excluding carboxylic acids is 1. The molecule has 1 aromatic rings. The van der Waals surface area contributed by atoms with E-state index in [0.29, 0.717) is 13.2 Å². The summed E-state index contributed by atoms with van der Waals surface area (Å²) in [6.07, 6.45) is 1.16. The van der Waals surface area contributed by atoms with Gasteiger partial charge in [0, 0.05) is 19.9 Å². The van der Waals surface area contributed by atoms with Gasteiger partial charge in [-0.2, -0.15) is 0 Å². The van der Waals surface area contributed by atoms with Crippen LogP contribution in [-0.2, 0) is 4.74 Å². The minimum absolute atomic E-state index is 0.0549. The zero-order chi connectivity index (χ0) is 13.5. The van der Waals surface area contributed by atoms with E-state index in [0.717, 1.165) is 6.20 Å². The predicted molar refractivity (Wildman–Crippen MR) is 64.6 cm³/mol. The highest BCUT2D eigenvalue weighted by atomic mass is 16.5. The van der Waals surface area contributed by atoms with Gasteiger partial charge in [0.05, 0.1) is 12.2 Å². The Kier molecular flexibility index (Phi) is 5.26. The lowest BCUT2D eigenvalue weighted by molar-refractivity contribution is 0.0695. The molecule has 1 atom stereocenters. The molecule has 1 aromatic heterocycles.